The number of hydrogen-bond donors (Lipinski definition) is 2. The molecule has 0 saturated heterocycles. The van der Waals surface area contributed by atoms with Gasteiger partial charge >= 0.3 is 0 Å². The Labute approximate surface area is 132 Å². The van der Waals surface area contributed by atoms with E-state index in [2.05, 4.69) is 0 Å². The second-order valence-corrected chi connectivity index (χ2v) is 6.82. The zero-order valence-corrected chi connectivity index (χ0v) is 14.3. The minimum Gasteiger partial charge on any atom is -0.377 e. The Bertz CT molecular complexity index is 581. The van der Waals surface area contributed by atoms with E-state index < -0.39 is 17.0 Å². The summed E-state index contributed by atoms with van der Waals surface area (Å²) in [6, 6.07) is 0. The van der Waals surface area contributed by atoms with Crippen LogP contribution < -0.4 is 0 Å². The predicted molar refractivity (Wildman–Crippen MR) is 88.3 cm³/mol. The molecule has 0 amide bonds. The van der Waals surface area contributed by atoms with E-state index in [0.29, 0.717) is 0 Å². The van der Waals surface area contributed by atoms with Crippen molar-refractivity contribution in [2.45, 2.75) is 52.7 Å². The Morgan fingerprint density at radius 2 is 1.18 bits per heavy atom. The summed E-state index contributed by atoms with van der Waals surface area (Å²) in [5.41, 5.74) is 0.688. The lowest BCUT2D eigenvalue weighted by Crippen LogP contribution is -2.58. The van der Waals surface area contributed by atoms with Crippen molar-refractivity contribution in [2.75, 3.05) is 0 Å². The molecule has 0 aromatic heterocycles. The van der Waals surface area contributed by atoms with E-state index in [4.69, 9.17) is 0 Å². The van der Waals surface area contributed by atoms with Gasteiger partial charge < -0.3 is 10.2 Å². The number of hydrogen-bond acceptors (Lipinski definition) is 3. The highest BCUT2D eigenvalue weighted by Gasteiger charge is 2.53. The molecule has 0 saturated carbocycles. The van der Waals surface area contributed by atoms with E-state index >= 15 is 0 Å². The largest absolute Gasteiger partial charge is 0.377 e. The molecule has 0 bridgehead atoms. The number of aliphatic hydroxyl groups is 2. The van der Waals surface area contributed by atoms with E-state index in [-0.39, 0.29) is 11.8 Å². The smallest absolute Gasteiger partial charge is 0.204 e. The van der Waals surface area contributed by atoms with Crippen LogP contribution in [-0.2, 0) is 4.79 Å². The van der Waals surface area contributed by atoms with E-state index in [1.807, 2.05) is 41.5 Å². The number of Topliss-reactive ketones (excluding diaryl/α,β-unsaturated/α-hetero) is 1. The molecule has 22 heavy (non-hydrogen) atoms. The zero-order chi connectivity index (χ0) is 16.9. The average molecular weight is 302 g/mol. The van der Waals surface area contributed by atoms with Gasteiger partial charge in [0.05, 0.1) is 0 Å². The van der Waals surface area contributed by atoms with Crippen LogP contribution in [0, 0.1) is 11.8 Å². The van der Waals surface area contributed by atoms with Gasteiger partial charge in [-0.05, 0) is 39.8 Å². The van der Waals surface area contributed by atoms with Crippen LogP contribution >= 0.6 is 0 Å². The van der Waals surface area contributed by atoms with Crippen LogP contribution in [0.2, 0.25) is 0 Å². The SMILES string of the molecule is CC1=C(C)C(C)C(O)(C(=O)C2(O)C=CC(C)=C(C)C2C)C=C1. The third-order valence-corrected chi connectivity index (χ3v) is 5.77. The maximum absolute atomic E-state index is 13.1. The van der Waals surface area contributed by atoms with Gasteiger partial charge in [-0.1, -0.05) is 48.3 Å². The summed E-state index contributed by atoms with van der Waals surface area (Å²) < 4.78 is 0. The molecule has 3 nitrogen and oxygen atoms in total. The summed E-state index contributed by atoms with van der Waals surface area (Å²) in [6.07, 6.45) is 6.59. The molecular formula is C19H26O3. The molecule has 0 fully saturated rings. The van der Waals surface area contributed by atoms with Crippen LogP contribution in [0.15, 0.2) is 46.6 Å². The third kappa shape index (κ3) is 2.24. The van der Waals surface area contributed by atoms with Gasteiger partial charge in [0.15, 0.2) is 11.2 Å². The molecule has 0 spiro atoms. The molecule has 2 rings (SSSR count). The van der Waals surface area contributed by atoms with Gasteiger partial charge in [0, 0.05) is 11.8 Å². The van der Waals surface area contributed by atoms with E-state index in [1.54, 1.807) is 12.2 Å². The Balaban J connectivity index is 2.45. The molecule has 0 aromatic rings. The zero-order valence-electron chi connectivity index (χ0n) is 14.3. The van der Waals surface area contributed by atoms with E-state index in [9.17, 15) is 15.0 Å². The topological polar surface area (TPSA) is 57.5 Å². The van der Waals surface area contributed by atoms with Crippen molar-refractivity contribution in [1.82, 2.24) is 0 Å². The highest BCUT2D eigenvalue weighted by Crippen LogP contribution is 2.41. The number of rotatable bonds is 2. The van der Waals surface area contributed by atoms with Crippen molar-refractivity contribution >= 4 is 5.78 Å². The fourth-order valence-electron chi connectivity index (χ4n) is 3.26. The Morgan fingerprint density at radius 3 is 1.50 bits per heavy atom. The summed E-state index contributed by atoms with van der Waals surface area (Å²) in [6.45, 7) is 11.4. The second kappa shape index (κ2) is 5.32. The van der Waals surface area contributed by atoms with Crippen molar-refractivity contribution < 1.29 is 15.0 Å². The Morgan fingerprint density at radius 1 is 0.864 bits per heavy atom. The molecule has 0 radical (unpaired) electrons. The van der Waals surface area contributed by atoms with Crippen LogP contribution in [0.5, 0.6) is 0 Å². The number of ketones is 1. The Hall–Kier alpha value is -1.45. The molecule has 0 aromatic carbocycles. The van der Waals surface area contributed by atoms with Crippen LogP contribution in [0.25, 0.3) is 0 Å². The summed E-state index contributed by atoms with van der Waals surface area (Å²) in [7, 11) is 0. The lowest BCUT2D eigenvalue weighted by molar-refractivity contribution is -0.154. The van der Waals surface area contributed by atoms with E-state index in [1.165, 1.54) is 12.2 Å². The van der Waals surface area contributed by atoms with Crippen molar-refractivity contribution in [3.63, 3.8) is 0 Å². The first-order chi connectivity index (χ1) is 10.1. The van der Waals surface area contributed by atoms with Crippen LogP contribution in [0.4, 0.5) is 0 Å². The van der Waals surface area contributed by atoms with Gasteiger partial charge in [0.25, 0.3) is 0 Å². The number of allylic oxidation sites excluding steroid dienone is 4. The standard InChI is InChI=1S/C19H26O3/c1-11-7-9-18(21,15(5)13(11)3)17(20)19(22)10-8-12(2)14(4)16(19)6/h7-10,15-16,21-22H,1-6H3. The maximum atomic E-state index is 13.1. The summed E-state index contributed by atoms with van der Waals surface area (Å²) in [5, 5.41) is 22.0. The molecule has 4 atom stereocenters. The van der Waals surface area contributed by atoms with Gasteiger partial charge in [-0.2, -0.15) is 0 Å². The molecular weight excluding hydrogens is 276 g/mol. The minimum absolute atomic E-state index is 0.359. The summed E-state index contributed by atoms with van der Waals surface area (Å²) in [5.74, 6) is -1.27. The minimum atomic E-state index is -1.68. The number of carbonyl (C=O) groups is 1. The first-order valence-corrected chi connectivity index (χ1v) is 7.78. The van der Waals surface area contributed by atoms with Gasteiger partial charge in [-0.3, -0.25) is 4.79 Å². The molecule has 0 heterocycles. The second-order valence-electron chi connectivity index (χ2n) is 6.82. The Kier molecular flexibility index (Phi) is 4.09. The van der Waals surface area contributed by atoms with Gasteiger partial charge in [-0.25, -0.2) is 0 Å². The van der Waals surface area contributed by atoms with Crippen molar-refractivity contribution in [2.24, 2.45) is 11.8 Å². The lowest BCUT2D eigenvalue weighted by Gasteiger charge is -2.42. The van der Waals surface area contributed by atoms with Crippen molar-refractivity contribution in [3.8, 4) is 0 Å². The quantitative estimate of drug-likeness (QED) is 0.824. The molecule has 120 valence electrons. The molecule has 2 N–H and O–H groups in total. The normalized spacial score (nSPS) is 38.7. The molecule has 4 unspecified atom stereocenters. The van der Waals surface area contributed by atoms with E-state index in [0.717, 1.165) is 22.3 Å². The first-order valence-electron chi connectivity index (χ1n) is 7.78. The number of carbonyl (C=O) groups excluding carboxylic acids is 1. The fraction of sp³-hybridized carbons (Fsp3) is 0.526. The third-order valence-electron chi connectivity index (χ3n) is 5.77. The van der Waals surface area contributed by atoms with Crippen LogP contribution in [0.3, 0.4) is 0 Å². The van der Waals surface area contributed by atoms with Gasteiger partial charge in [0.1, 0.15) is 0 Å². The lowest BCUT2D eigenvalue weighted by atomic mass is 9.66. The predicted octanol–water partition coefficient (Wildman–Crippen LogP) is 3.10. The van der Waals surface area contributed by atoms with Crippen molar-refractivity contribution in [1.29, 1.82) is 0 Å². The monoisotopic (exact) mass is 302 g/mol. The summed E-state index contributed by atoms with van der Waals surface area (Å²) >= 11 is 0. The van der Waals surface area contributed by atoms with Crippen LogP contribution in [0.1, 0.15) is 41.5 Å². The fourth-order valence-corrected chi connectivity index (χ4v) is 3.26. The molecule has 3 heteroatoms. The molecule has 2 aliphatic rings. The summed E-state index contributed by atoms with van der Waals surface area (Å²) in [4.78, 5) is 13.1. The highest BCUT2D eigenvalue weighted by atomic mass is 16.3. The average Bonchev–Trinajstić information content (AvgIpc) is 2.50. The van der Waals surface area contributed by atoms with Gasteiger partial charge in [0.2, 0.25) is 5.78 Å². The molecule has 0 aliphatic heterocycles. The maximum Gasteiger partial charge on any atom is 0.204 e. The molecule has 2 aliphatic carbocycles. The van der Waals surface area contributed by atoms with Gasteiger partial charge in [-0.15, -0.1) is 0 Å². The highest BCUT2D eigenvalue weighted by molar-refractivity contribution is 5.99. The van der Waals surface area contributed by atoms with Crippen LogP contribution in [-0.4, -0.2) is 27.2 Å². The van der Waals surface area contributed by atoms with Crippen molar-refractivity contribution in [3.05, 3.63) is 46.6 Å². The first kappa shape index (κ1) is 16.9.